The Morgan fingerprint density at radius 1 is 0.968 bits per heavy atom. The molecule has 4 amide bonds. The van der Waals surface area contributed by atoms with Gasteiger partial charge in [-0.05, 0) is 49.6 Å². The number of hydrogen-bond acceptors (Lipinski definition) is 4. The first-order valence-corrected chi connectivity index (χ1v) is 10.9. The number of rotatable bonds is 3. The molecule has 1 atom stereocenters. The van der Waals surface area contributed by atoms with E-state index in [2.05, 4.69) is 5.32 Å². The number of halogens is 1. The van der Waals surface area contributed by atoms with E-state index in [0.717, 1.165) is 6.42 Å². The molecule has 2 saturated heterocycles. The van der Waals surface area contributed by atoms with Crippen molar-refractivity contribution >= 4 is 35.1 Å². The van der Waals surface area contributed by atoms with Crippen LogP contribution in [0.3, 0.4) is 0 Å². The van der Waals surface area contributed by atoms with Crippen LogP contribution >= 0.6 is 11.6 Å². The fourth-order valence-corrected chi connectivity index (χ4v) is 4.32. The third-order valence-corrected chi connectivity index (χ3v) is 5.94. The molecule has 3 heterocycles. The standard InChI is InChI=1S/C22H25ClN4O4/c23-16-5-1-6-17(15-16)24-22(30)26-10-4-9-25(12-13-26)20(28)18-7-2-11-27(18)21(29)19-8-3-14-31-19/h1,3,5-6,8,14-15,18H,2,4,7,9-13H2,(H,24,30). The molecule has 0 saturated carbocycles. The van der Waals surface area contributed by atoms with Gasteiger partial charge in [-0.1, -0.05) is 17.7 Å². The maximum absolute atomic E-state index is 13.2. The van der Waals surface area contributed by atoms with E-state index < -0.39 is 6.04 Å². The highest BCUT2D eigenvalue weighted by Gasteiger charge is 2.38. The minimum Gasteiger partial charge on any atom is -0.459 e. The topological polar surface area (TPSA) is 86.1 Å². The van der Waals surface area contributed by atoms with Gasteiger partial charge < -0.3 is 24.4 Å². The number of nitrogens with one attached hydrogen (secondary N) is 1. The normalized spacial score (nSPS) is 19.3. The number of likely N-dealkylation sites (tertiary alicyclic amines) is 1. The fourth-order valence-electron chi connectivity index (χ4n) is 4.13. The Balaban J connectivity index is 1.36. The number of hydrogen-bond donors (Lipinski definition) is 1. The number of urea groups is 1. The van der Waals surface area contributed by atoms with Crippen molar-refractivity contribution in [3.05, 3.63) is 53.4 Å². The molecule has 0 radical (unpaired) electrons. The Kier molecular flexibility index (Phi) is 6.46. The molecular formula is C22H25ClN4O4. The van der Waals surface area contributed by atoms with Crippen molar-refractivity contribution in [1.82, 2.24) is 14.7 Å². The number of anilines is 1. The summed E-state index contributed by atoms with van der Waals surface area (Å²) >= 11 is 5.98. The van der Waals surface area contributed by atoms with Crippen LogP contribution in [0, 0.1) is 0 Å². The highest BCUT2D eigenvalue weighted by atomic mass is 35.5. The van der Waals surface area contributed by atoms with Crippen LogP contribution in [0.5, 0.6) is 0 Å². The summed E-state index contributed by atoms with van der Waals surface area (Å²) in [6.07, 6.45) is 3.55. The molecule has 0 spiro atoms. The fraction of sp³-hybridized carbons (Fsp3) is 0.409. The zero-order chi connectivity index (χ0) is 21.8. The number of amides is 4. The summed E-state index contributed by atoms with van der Waals surface area (Å²) in [4.78, 5) is 43.6. The van der Waals surface area contributed by atoms with Crippen LogP contribution in [0.1, 0.15) is 29.8 Å². The summed E-state index contributed by atoms with van der Waals surface area (Å²) in [6, 6.07) is 9.58. The molecule has 9 heteroatoms. The first-order chi connectivity index (χ1) is 15.0. The van der Waals surface area contributed by atoms with E-state index in [4.69, 9.17) is 16.0 Å². The highest BCUT2D eigenvalue weighted by molar-refractivity contribution is 6.30. The first kappa shape index (κ1) is 21.2. The SMILES string of the molecule is O=C(Nc1cccc(Cl)c1)N1CCCN(C(=O)C2CCCN2C(=O)c2ccco2)CC1. The molecule has 2 aromatic rings. The van der Waals surface area contributed by atoms with E-state index in [1.165, 1.54) is 6.26 Å². The Bertz CT molecular complexity index is 949. The Labute approximate surface area is 185 Å². The second-order valence-electron chi connectivity index (χ2n) is 7.74. The maximum atomic E-state index is 13.2. The van der Waals surface area contributed by atoms with Gasteiger partial charge in [0.25, 0.3) is 5.91 Å². The largest absolute Gasteiger partial charge is 0.459 e. The van der Waals surface area contributed by atoms with Crippen molar-refractivity contribution in [2.24, 2.45) is 0 Å². The zero-order valence-electron chi connectivity index (χ0n) is 17.1. The van der Waals surface area contributed by atoms with Gasteiger partial charge in [-0.2, -0.15) is 0 Å². The molecular weight excluding hydrogens is 420 g/mol. The maximum Gasteiger partial charge on any atom is 0.321 e. The number of nitrogens with zero attached hydrogens (tertiary/aromatic N) is 3. The van der Waals surface area contributed by atoms with Gasteiger partial charge in [0.15, 0.2) is 5.76 Å². The minimum absolute atomic E-state index is 0.0606. The van der Waals surface area contributed by atoms with Crippen molar-refractivity contribution < 1.29 is 18.8 Å². The van der Waals surface area contributed by atoms with Gasteiger partial charge in [-0.15, -0.1) is 0 Å². The van der Waals surface area contributed by atoms with Crippen molar-refractivity contribution in [2.75, 3.05) is 38.0 Å². The van der Waals surface area contributed by atoms with Crippen LogP contribution in [0.25, 0.3) is 0 Å². The van der Waals surface area contributed by atoms with Gasteiger partial charge in [0, 0.05) is 43.4 Å². The van der Waals surface area contributed by atoms with E-state index in [1.54, 1.807) is 51.1 Å². The van der Waals surface area contributed by atoms with Crippen LogP contribution in [0.2, 0.25) is 5.02 Å². The predicted octanol–water partition coefficient (Wildman–Crippen LogP) is 3.30. The average molecular weight is 445 g/mol. The van der Waals surface area contributed by atoms with Gasteiger partial charge in [0.1, 0.15) is 6.04 Å². The molecule has 1 unspecified atom stereocenters. The lowest BCUT2D eigenvalue weighted by Gasteiger charge is -2.29. The van der Waals surface area contributed by atoms with Gasteiger partial charge in [-0.25, -0.2) is 4.79 Å². The molecule has 2 aliphatic heterocycles. The van der Waals surface area contributed by atoms with E-state index >= 15 is 0 Å². The molecule has 0 aliphatic carbocycles. The van der Waals surface area contributed by atoms with Crippen LogP contribution < -0.4 is 5.32 Å². The van der Waals surface area contributed by atoms with Crippen molar-refractivity contribution in [3.8, 4) is 0 Å². The molecule has 2 aliphatic rings. The lowest BCUT2D eigenvalue weighted by molar-refractivity contribution is -0.135. The first-order valence-electron chi connectivity index (χ1n) is 10.5. The van der Waals surface area contributed by atoms with E-state index in [9.17, 15) is 14.4 Å². The Morgan fingerprint density at radius 3 is 2.55 bits per heavy atom. The monoisotopic (exact) mass is 444 g/mol. The van der Waals surface area contributed by atoms with E-state index in [-0.39, 0.29) is 23.6 Å². The summed E-state index contributed by atoms with van der Waals surface area (Å²) in [5.41, 5.74) is 0.632. The molecule has 1 N–H and O–H groups in total. The summed E-state index contributed by atoms with van der Waals surface area (Å²) in [5, 5.41) is 3.40. The van der Waals surface area contributed by atoms with Crippen LogP contribution in [0.4, 0.5) is 10.5 Å². The number of furan rings is 1. The molecule has 0 bridgehead atoms. The zero-order valence-corrected chi connectivity index (χ0v) is 17.9. The Hall–Kier alpha value is -3.00. The van der Waals surface area contributed by atoms with Gasteiger partial charge in [0.05, 0.1) is 6.26 Å². The highest BCUT2D eigenvalue weighted by Crippen LogP contribution is 2.23. The smallest absolute Gasteiger partial charge is 0.321 e. The second kappa shape index (κ2) is 9.43. The molecule has 8 nitrogen and oxygen atoms in total. The summed E-state index contributed by atoms with van der Waals surface area (Å²) in [5.74, 6) is -0.0628. The van der Waals surface area contributed by atoms with Crippen molar-refractivity contribution in [3.63, 3.8) is 0 Å². The van der Waals surface area contributed by atoms with Crippen LogP contribution in [-0.2, 0) is 4.79 Å². The predicted molar refractivity (Wildman–Crippen MR) is 116 cm³/mol. The quantitative estimate of drug-likeness (QED) is 0.786. The van der Waals surface area contributed by atoms with Crippen molar-refractivity contribution in [2.45, 2.75) is 25.3 Å². The number of benzene rings is 1. The van der Waals surface area contributed by atoms with E-state index in [0.29, 0.717) is 56.3 Å². The lowest BCUT2D eigenvalue weighted by Crippen LogP contribution is -2.49. The van der Waals surface area contributed by atoms with Crippen LogP contribution in [0.15, 0.2) is 47.1 Å². The van der Waals surface area contributed by atoms with E-state index in [1.807, 2.05) is 0 Å². The van der Waals surface area contributed by atoms with Gasteiger partial charge >= 0.3 is 6.03 Å². The number of carbonyl (C=O) groups excluding carboxylic acids is 3. The molecule has 2 fully saturated rings. The third-order valence-electron chi connectivity index (χ3n) is 5.70. The molecule has 31 heavy (non-hydrogen) atoms. The summed E-state index contributed by atoms with van der Waals surface area (Å²) < 4.78 is 5.22. The van der Waals surface area contributed by atoms with Gasteiger partial charge in [-0.3, -0.25) is 9.59 Å². The minimum atomic E-state index is -0.482. The molecule has 164 valence electrons. The van der Waals surface area contributed by atoms with Crippen molar-refractivity contribution in [1.29, 1.82) is 0 Å². The lowest BCUT2D eigenvalue weighted by atomic mass is 10.1. The summed E-state index contributed by atoms with van der Waals surface area (Å²) in [7, 11) is 0. The molecule has 4 rings (SSSR count). The van der Waals surface area contributed by atoms with Gasteiger partial charge in [0.2, 0.25) is 5.91 Å². The summed E-state index contributed by atoms with van der Waals surface area (Å²) in [6.45, 7) is 2.50. The molecule has 1 aromatic heterocycles. The number of carbonyl (C=O) groups is 3. The van der Waals surface area contributed by atoms with Crippen LogP contribution in [-0.4, -0.2) is 71.3 Å². The second-order valence-corrected chi connectivity index (χ2v) is 8.18. The molecule has 1 aromatic carbocycles. The Morgan fingerprint density at radius 2 is 1.77 bits per heavy atom. The third kappa shape index (κ3) is 4.85. The average Bonchev–Trinajstić information content (AvgIpc) is 3.40.